The van der Waals surface area contributed by atoms with Crippen LogP contribution in [0.25, 0.3) is 0 Å². The van der Waals surface area contributed by atoms with E-state index in [1.54, 1.807) is 12.4 Å². The van der Waals surface area contributed by atoms with Gasteiger partial charge in [-0.3, -0.25) is 4.79 Å². The highest BCUT2D eigenvalue weighted by Gasteiger charge is 2.17. The summed E-state index contributed by atoms with van der Waals surface area (Å²) in [6, 6.07) is -0.697. The Morgan fingerprint density at radius 2 is 1.95 bits per heavy atom. The lowest BCUT2D eigenvalue weighted by atomic mass is 9.96. The molecule has 0 aliphatic carbocycles. The molecule has 3 N–H and O–H groups in total. The Balaban J connectivity index is 0.00000324. The van der Waals surface area contributed by atoms with Crippen molar-refractivity contribution in [2.45, 2.75) is 32.2 Å². The Kier molecular flexibility index (Phi) is 6.89. The molecule has 0 aliphatic heterocycles. The predicted octanol–water partition coefficient (Wildman–Crippen LogP) is 1.11. The van der Waals surface area contributed by atoms with Crippen molar-refractivity contribution >= 4 is 24.0 Å². The molecule has 0 saturated heterocycles. The molecule has 1 aromatic rings. The molecule has 1 rings (SSSR count). The van der Waals surface area contributed by atoms with Crippen molar-refractivity contribution in [3.05, 3.63) is 18.2 Å². The van der Waals surface area contributed by atoms with Gasteiger partial charge in [0, 0.05) is 12.5 Å². The third-order valence-corrected chi connectivity index (χ3v) is 2.27. The summed E-state index contributed by atoms with van der Waals surface area (Å²) in [5.74, 6) is 0.408. The molecule has 0 saturated carbocycles. The highest BCUT2D eigenvalue weighted by atomic mass is 35.5. The number of halogens is 1. The van der Waals surface area contributed by atoms with E-state index in [0.717, 1.165) is 5.82 Å². The third-order valence-electron chi connectivity index (χ3n) is 2.27. The first-order valence-corrected chi connectivity index (χ1v) is 5.72. The number of methoxy groups -OCH3 is 1. The Hall–Kier alpha value is -1.24. The summed E-state index contributed by atoms with van der Waals surface area (Å²) in [5.41, 5.74) is 6.01. The molecule has 0 aromatic carbocycles. The fourth-order valence-corrected chi connectivity index (χ4v) is 1.27. The number of rotatable bonds is 4. The van der Waals surface area contributed by atoms with Crippen LogP contribution in [0.5, 0.6) is 0 Å². The van der Waals surface area contributed by atoms with Crippen molar-refractivity contribution in [3.8, 4) is 0 Å². The van der Waals surface area contributed by atoms with E-state index in [-0.39, 0.29) is 30.3 Å². The second-order valence-corrected chi connectivity index (χ2v) is 5.10. The van der Waals surface area contributed by atoms with Crippen LogP contribution in [0.1, 0.15) is 26.6 Å². The van der Waals surface area contributed by atoms with E-state index in [4.69, 9.17) is 10.5 Å². The zero-order valence-electron chi connectivity index (χ0n) is 11.6. The van der Waals surface area contributed by atoms with Gasteiger partial charge in [0.2, 0.25) is 5.91 Å². The Morgan fingerprint density at radius 3 is 2.37 bits per heavy atom. The van der Waals surface area contributed by atoms with Gasteiger partial charge in [-0.25, -0.2) is 9.97 Å². The number of aromatic nitrogens is 2. The standard InChI is InChI=1S/C12H20N4O2.ClH/c1-12(2,3)11-14-5-8(6-15-11)16-10(17)9(13)7-18-4;/h5-6,9H,7,13H2,1-4H3,(H,16,17);1H. The Bertz CT molecular complexity index is 403. The topological polar surface area (TPSA) is 90.1 Å². The molecule has 1 amide bonds. The van der Waals surface area contributed by atoms with Gasteiger partial charge < -0.3 is 15.8 Å². The molecule has 0 spiro atoms. The van der Waals surface area contributed by atoms with E-state index >= 15 is 0 Å². The average molecular weight is 289 g/mol. The quantitative estimate of drug-likeness (QED) is 0.866. The highest BCUT2D eigenvalue weighted by molar-refractivity contribution is 5.94. The minimum atomic E-state index is -0.697. The van der Waals surface area contributed by atoms with E-state index in [1.807, 2.05) is 20.8 Å². The second kappa shape index (κ2) is 7.37. The summed E-state index contributed by atoms with van der Waals surface area (Å²) < 4.78 is 4.81. The number of nitrogens with one attached hydrogen (secondary N) is 1. The van der Waals surface area contributed by atoms with Gasteiger partial charge in [-0.05, 0) is 0 Å². The second-order valence-electron chi connectivity index (χ2n) is 5.10. The van der Waals surface area contributed by atoms with Gasteiger partial charge in [0.25, 0.3) is 0 Å². The fourth-order valence-electron chi connectivity index (χ4n) is 1.27. The van der Waals surface area contributed by atoms with Crippen LogP contribution >= 0.6 is 12.4 Å². The van der Waals surface area contributed by atoms with E-state index in [1.165, 1.54) is 7.11 Å². The average Bonchev–Trinajstić information content (AvgIpc) is 2.28. The first-order valence-electron chi connectivity index (χ1n) is 5.72. The molecule has 1 aromatic heterocycles. The molecular formula is C12H21ClN4O2. The fraction of sp³-hybridized carbons (Fsp3) is 0.583. The maximum absolute atomic E-state index is 11.6. The highest BCUT2D eigenvalue weighted by Crippen LogP contribution is 2.18. The van der Waals surface area contributed by atoms with Crippen molar-refractivity contribution in [1.82, 2.24) is 9.97 Å². The summed E-state index contributed by atoms with van der Waals surface area (Å²) in [6.07, 6.45) is 3.15. The molecule has 1 unspecified atom stereocenters. The number of carbonyl (C=O) groups excluding carboxylic acids is 1. The van der Waals surface area contributed by atoms with Gasteiger partial charge in [0.05, 0.1) is 24.7 Å². The van der Waals surface area contributed by atoms with Gasteiger partial charge in [0.15, 0.2) is 0 Å². The lowest BCUT2D eigenvalue weighted by molar-refractivity contribution is -0.118. The summed E-state index contributed by atoms with van der Waals surface area (Å²) in [4.78, 5) is 20.0. The number of hydrogen-bond acceptors (Lipinski definition) is 5. The number of ether oxygens (including phenoxy) is 1. The number of amides is 1. The van der Waals surface area contributed by atoms with Crippen molar-refractivity contribution < 1.29 is 9.53 Å². The molecule has 7 heteroatoms. The summed E-state index contributed by atoms with van der Waals surface area (Å²) >= 11 is 0. The smallest absolute Gasteiger partial charge is 0.243 e. The number of hydrogen-bond donors (Lipinski definition) is 2. The number of nitrogens with zero attached hydrogens (tertiary/aromatic N) is 2. The summed E-state index contributed by atoms with van der Waals surface area (Å²) in [6.45, 7) is 6.24. The first-order chi connectivity index (χ1) is 8.34. The van der Waals surface area contributed by atoms with Crippen molar-refractivity contribution in [3.63, 3.8) is 0 Å². The number of nitrogens with two attached hydrogens (primary N) is 1. The van der Waals surface area contributed by atoms with Gasteiger partial charge in [-0.15, -0.1) is 12.4 Å². The van der Waals surface area contributed by atoms with Crippen molar-refractivity contribution in [1.29, 1.82) is 0 Å². The molecule has 0 radical (unpaired) electrons. The zero-order chi connectivity index (χ0) is 13.8. The van der Waals surface area contributed by atoms with Gasteiger partial charge in [-0.2, -0.15) is 0 Å². The largest absolute Gasteiger partial charge is 0.383 e. The van der Waals surface area contributed by atoms with E-state index in [2.05, 4.69) is 15.3 Å². The SMILES string of the molecule is COCC(N)C(=O)Nc1cnc(C(C)(C)C)nc1.Cl. The van der Waals surface area contributed by atoms with Crippen LogP contribution in [0.3, 0.4) is 0 Å². The minimum absolute atomic E-state index is 0. The Labute approximate surface area is 119 Å². The molecule has 1 heterocycles. The van der Waals surface area contributed by atoms with Crippen molar-refractivity contribution in [2.75, 3.05) is 19.0 Å². The van der Waals surface area contributed by atoms with Crippen LogP contribution in [0.2, 0.25) is 0 Å². The third kappa shape index (κ3) is 5.50. The molecular weight excluding hydrogens is 268 g/mol. The number of carbonyl (C=O) groups is 1. The summed E-state index contributed by atoms with van der Waals surface area (Å²) in [5, 5.41) is 2.64. The van der Waals surface area contributed by atoms with Crippen LogP contribution in [0.4, 0.5) is 5.69 Å². The lowest BCUT2D eigenvalue weighted by Crippen LogP contribution is -2.39. The van der Waals surface area contributed by atoms with E-state index in [0.29, 0.717) is 5.69 Å². The van der Waals surface area contributed by atoms with Crippen LogP contribution in [0, 0.1) is 0 Å². The van der Waals surface area contributed by atoms with Crippen LogP contribution < -0.4 is 11.1 Å². The maximum Gasteiger partial charge on any atom is 0.243 e. The zero-order valence-corrected chi connectivity index (χ0v) is 12.5. The molecule has 0 aliphatic rings. The molecule has 6 nitrogen and oxygen atoms in total. The predicted molar refractivity (Wildman–Crippen MR) is 76.5 cm³/mol. The lowest BCUT2D eigenvalue weighted by Gasteiger charge is -2.16. The van der Waals surface area contributed by atoms with Gasteiger partial charge in [0.1, 0.15) is 11.9 Å². The molecule has 1 atom stereocenters. The molecule has 19 heavy (non-hydrogen) atoms. The van der Waals surface area contributed by atoms with Crippen LogP contribution in [-0.4, -0.2) is 35.6 Å². The van der Waals surface area contributed by atoms with Gasteiger partial charge in [-0.1, -0.05) is 20.8 Å². The molecule has 0 fully saturated rings. The Morgan fingerprint density at radius 1 is 1.42 bits per heavy atom. The van der Waals surface area contributed by atoms with E-state index < -0.39 is 6.04 Å². The number of anilines is 1. The van der Waals surface area contributed by atoms with E-state index in [9.17, 15) is 4.79 Å². The molecule has 108 valence electrons. The first kappa shape index (κ1) is 17.8. The maximum atomic E-state index is 11.6. The molecule has 0 bridgehead atoms. The minimum Gasteiger partial charge on any atom is -0.383 e. The van der Waals surface area contributed by atoms with Crippen LogP contribution in [0.15, 0.2) is 12.4 Å². The van der Waals surface area contributed by atoms with Gasteiger partial charge >= 0.3 is 0 Å². The van der Waals surface area contributed by atoms with Crippen molar-refractivity contribution in [2.24, 2.45) is 5.73 Å². The summed E-state index contributed by atoms with van der Waals surface area (Å²) in [7, 11) is 1.49. The van der Waals surface area contributed by atoms with Crippen LogP contribution in [-0.2, 0) is 14.9 Å². The normalized spacial score (nSPS) is 12.5. The monoisotopic (exact) mass is 288 g/mol.